The van der Waals surface area contributed by atoms with E-state index in [9.17, 15) is 4.79 Å². The molecule has 1 unspecified atom stereocenters. The summed E-state index contributed by atoms with van der Waals surface area (Å²) in [5.41, 5.74) is 4.32. The number of allylic oxidation sites excluding steroid dienone is 4. The van der Waals surface area contributed by atoms with Crippen molar-refractivity contribution in [1.82, 2.24) is 10.3 Å². The number of hydrogen-bond acceptors (Lipinski definition) is 3. The Hall–Kier alpha value is -2.06. The van der Waals surface area contributed by atoms with E-state index in [0.717, 1.165) is 22.3 Å². The first-order valence-corrected chi connectivity index (χ1v) is 11.2. The van der Waals surface area contributed by atoms with Crippen LogP contribution in [0.5, 0.6) is 0 Å². The Balaban J connectivity index is 0.000000426. The highest BCUT2D eigenvalue weighted by atomic mass is 31.0. The number of aliphatic imine (C=N–C) groups is 1. The second kappa shape index (κ2) is 13.2. The number of aryl methyl sites for hydroxylation is 1. The molecule has 29 heavy (non-hydrogen) atoms. The number of aromatic nitrogens is 1. The summed E-state index contributed by atoms with van der Waals surface area (Å²) in [6.07, 6.45) is 19.3. The van der Waals surface area contributed by atoms with E-state index in [-0.39, 0.29) is 5.91 Å². The van der Waals surface area contributed by atoms with Crippen LogP contribution in [0.15, 0.2) is 53.5 Å². The molecule has 1 amide bonds. The molecular weight excluding hydrogens is 377 g/mol. The highest BCUT2D eigenvalue weighted by molar-refractivity contribution is 7.22. The van der Waals surface area contributed by atoms with Crippen LogP contribution in [-0.4, -0.2) is 23.1 Å². The van der Waals surface area contributed by atoms with Crippen molar-refractivity contribution < 1.29 is 4.79 Å². The minimum Gasteiger partial charge on any atom is -0.353 e. The third-order valence-corrected chi connectivity index (χ3v) is 5.53. The van der Waals surface area contributed by atoms with E-state index in [1.54, 1.807) is 6.08 Å². The van der Waals surface area contributed by atoms with Gasteiger partial charge < -0.3 is 5.32 Å². The van der Waals surface area contributed by atoms with E-state index in [1.807, 2.05) is 37.4 Å². The third kappa shape index (κ3) is 8.45. The van der Waals surface area contributed by atoms with E-state index in [1.165, 1.54) is 44.1 Å². The molecule has 156 valence electrons. The smallest absolute Gasteiger partial charge is 0.220 e. The molecule has 0 aromatic carbocycles. The molecule has 5 heteroatoms. The van der Waals surface area contributed by atoms with Crippen LogP contribution in [0.4, 0.5) is 0 Å². The first kappa shape index (κ1) is 23.2. The number of fused-ring (bicyclic) bond motifs is 1. The fourth-order valence-corrected chi connectivity index (χ4v) is 3.75. The van der Waals surface area contributed by atoms with Gasteiger partial charge in [0.05, 0.1) is 6.54 Å². The molecule has 0 bridgehead atoms. The summed E-state index contributed by atoms with van der Waals surface area (Å²) in [6, 6.07) is 2.00. The monoisotopic (exact) mass is 411 g/mol. The molecule has 1 atom stereocenters. The van der Waals surface area contributed by atoms with Crippen molar-refractivity contribution in [2.24, 2.45) is 4.99 Å². The van der Waals surface area contributed by atoms with Gasteiger partial charge in [-0.05, 0) is 30.3 Å². The van der Waals surface area contributed by atoms with E-state index in [4.69, 9.17) is 0 Å². The quantitative estimate of drug-likeness (QED) is 0.480. The van der Waals surface area contributed by atoms with Crippen molar-refractivity contribution in [2.45, 2.75) is 64.8 Å². The number of carbonyl (C=O) groups excluding carboxylic acids is 1. The Kier molecular flexibility index (Phi) is 10.6. The van der Waals surface area contributed by atoms with E-state index >= 15 is 0 Å². The Labute approximate surface area is 177 Å². The molecule has 1 aliphatic heterocycles. The standard InChI is InChI=1S/C18H22N3OP.C6H12/c1-3-4-5-15(23)9-11-20-17(22)7-6-16-18-13(2)19-10-8-14(18)12-21-16;1-2-4-6-5-3-1/h3-5,8-10H,1,6-7,11-12,23H2,2H3,(H,20,22);1-6H2/b5-4-,15-9+;. The molecule has 0 radical (unpaired) electrons. The summed E-state index contributed by atoms with van der Waals surface area (Å²) in [5.74, 6) is 0.0319. The van der Waals surface area contributed by atoms with Crippen LogP contribution >= 0.6 is 9.24 Å². The average molecular weight is 412 g/mol. The molecule has 1 aliphatic carbocycles. The first-order chi connectivity index (χ1) is 14.1. The van der Waals surface area contributed by atoms with Crippen molar-refractivity contribution in [2.75, 3.05) is 6.54 Å². The highest BCUT2D eigenvalue weighted by Crippen LogP contribution is 2.23. The van der Waals surface area contributed by atoms with Crippen molar-refractivity contribution >= 4 is 20.9 Å². The number of pyridine rings is 1. The summed E-state index contributed by atoms with van der Waals surface area (Å²) in [5, 5.41) is 3.91. The zero-order valence-corrected chi connectivity index (χ0v) is 18.8. The van der Waals surface area contributed by atoms with Crippen LogP contribution in [0.2, 0.25) is 0 Å². The van der Waals surface area contributed by atoms with Crippen LogP contribution in [0, 0.1) is 6.92 Å². The molecule has 1 saturated carbocycles. The number of nitrogens with zero attached hydrogens (tertiary/aromatic N) is 2. The number of nitrogens with one attached hydrogen (secondary N) is 1. The second-order valence-electron chi connectivity index (χ2n) is 7.42. The molecule has 0 spiro atoms. The van der Waals surface area contributed by atoms with Crippen molar-refractivity contribution in [3.8, 4) is 0 Å². The van der Waals surface area contributed by atoms with Gasteiger partial charge in [-0.2, -0.15) is 0 Å². The Morgan fingerprint density at radius 1 is 1.24 bits per heavy atom. The Morgan fingerprint density at radius 3 is 2.59 bits per heavy atom. The second-order valence-corrected chi connectivity index (χ2v) is 8.08. The fraction of sp³-hybridized carbons (Fsp3) is 0.458. The minimum absolute atomic E-state index is 0.0319. The number of carbonyl (C=O) groups is 1. The summed E-state index contributed by atoms with van der Waals surface area (Å²) in [6.45, 7) is 6.82. The lowest BCUT2D eigenvalue weighted by atomic mass is 10.0. The van der Waals surface area contributed by atoms with Gasteiger partial charge in [0.15, 0.2) is 0 Å². The number of rotatable bonds is 7. The predicted molar refractivity (Wildman–Crippen MR) is 126 cm³/mol. The molecule has 2 heterocycles. The zero-order valence-electron chi connectivity index (χ0n) is 17.6. The maximum atomic E-state index is 11.9. The maximum Gasteiger partial charge on any atom is 0.220 e. The average Bonchev–Trinajstić information content (AvgIpc) is 3.17. The van der Waals surface area contributed by atoms with Crippen LogP contribution in [-0.2, 0) is 11.3 Å². The molecule has 1 N–H and O–H groups in total. The van der Waals surface area contributed by atoms with E-state index in [2.05, 4.69) is 31.1 Å². The SMILES string of the molecule is C1CCCCC1.C=C/C=C\C(P)=C/CNC(=O)CCC1=NCc2ccnc(C)c21. The van der Waals surface area contributed by atoms with Crippen LogP contribution in [0.3, 0.4) is 0 Å². The van der Waals surface area contributed by atoms with Gasteiger partial charge in [0.1, 0.15) is 0 Å². The Morgan fingerprint density at radius 2 is 1.93 bits per heavy atom. The minimum atomic E-state index is 0.0319. The molecule has 2 aliphatic rings. The fourth-order valence-electron chi connectivity index (χ4n) is 3.52. The van der Waals surface area contributed by atoms with Crippen LogP contribution < -0.4 is 5.32 Å². The Bertz CT molecular complexity index is 765. The van der Waals surface area contributed by atoms with Crippen LogP contribution in [0.1, 0.15) is 68.2 Å². The summed E-state index contributed by atoms with van der Waals surface area (Å²) in [7, 11) is 2.62. The number of hydrogen-bond donors (Lipinski definition) is 1. The summed E-state index contributed by atoms with van der Waals surface area (Å²) in [4.78, 5) is 20.8. The van der Waals surface area contributed by atoms with Gasteiger partial charge in [0.25, 0.3) is 0 Å². The van der Waals surface area contributed by atoms with Crippen molar-refractivity contribution in [1.29, 1.82) is 0 Å². The molecule has 3 rings (SSSR count). The van der Waals surface area contributed by atoms with Gasteiger partial charge in [-0.15, -0.1) is 9.24 Å². The summed E-state index contributed by atoms with van der Waals surface area (Å²) >= 11 is 0. The van der Waals surface area contributed by atoms with Gasteiger partial charge >= 0.3 is 0 Å². The summed E-state index contributed by atoms with van der Waals surface area (Å²) < 4.78 is 0. The van der Waals surface area contributed by atoms with E-state index < -0.39 is 0 Å². The lowest BCUT2D eigenvalue weighted by Gasteiger charge is -2.07. The van der Waals surface area contributed by atoms with Gasteiger partial charge in [-0.1, -0.05) is 69.4 Å². The molecular formula is C24H34N3OP. The lowest BCUT2D eigenvalue weighted by Crippen LogP contribution is -2.24. The van der Waals surface area contributed by atoms with Gasteiger partial charge in [-0.3, -0.25) is 14.8 Å². The van der Waals surface area contributed by atoms with Crippen molar-refractivity contribution in [3.05, 3.63) is 65.3 Å². The predicted octanol–water partition coefficient (Wildman–Crippen LogP) is 5.43. The topological polar surface area (TPSA) is 54.4 Å². The lowest BCUT2D eigenvalue weighted by molar-refractivity contribution is -0.120. The maximum absolute atomic E-state index is 11.9. The third-order valence-electron chi connectivity index (χ3n) is 5.11. The highest BCUT2D eigenvalue weighted by Gasteiger charge is 2.19. The van der Waals surface area contributed by atoms with E-state index in [0.29, 0.717) is 25.9 Å². The molecule has 1 aromatic rings. The van der Waals surface area contributed by atoms with Crippen molar-refractivity contribution in [3.63, 3.8) is 0 Å². The van der Waals surface area contributed by atoms with Gasteiger partial charge in [0, 0.05) is 36.1 Å². The normalized spacial score (nSPS) is 15.9. The van der Waals surface area contributed by atoms with Gasteiger partial charge in [0.2, 0.25) is 5.91 Å². The molecule has 0 saturated heterocycles. The zero-order chi connectivity index (χ0) is 20.9. The molecule has 1 fully saturated rings. The molecule has 4 nitrogen and oxygen atoms in total. The largest absolute Gasteiger partial charge is 0.353 e. The first-order valence-electron chi connectivity index (χ1n) is 10.6. The molecule has 1 aromatic heterocycles. The number of amides is 1. The van der Waals surface area contributed by atoms with Gasteiger partial charge in [-0.25, -0.2) is 0 Å². The van der Waals surface area contributed by atoms with Crippen LogP contribution in [0.25, 0.3) is 0 Å².